The van der Waals surface area contributed by atoms with E-state index in [1.165, 1.54) is 0 Å². The van der Waals surface area contributed by atoms with E-state index in [4.69, 9.17) is 4.42 Å². The Bertz CT molecular complexity index is 687. The molecule has 1 amide bonds. The highest BCUT2D eigenvalue weighted by Gasteiger charge is 2.39. The van der Waals surface area contributed by atoms with E-state index in [1.54, 1.807) is 12.5 Å². The molecule has 2 aromatic rings. The lowest BCUT2D eigenvalue weighted by Gasteiger charge is -2.36. The van der Waals surface area contributed by atoms with E-state index < -0.39 is 0 Å². The molecule has 7 nitrogen and oxygen atoms in total. The average Bonchev–Trinajstić information content (AvgIpc) is 3.29. The maximum Gasteiger partial charge on any atom is 0.247 e. The van der Waals surface area contributed by atoms with Gasteiger partial charge in [-0.3, -0.25) is 9.69 Å². The highest BCUT2D eigenvalue weighted by molar-refractivity contribution is 5.83. The summed E-state index contributed by atoms with van der Waals surface area (Å²) in [6.07, 6.45) is 5.59. The smallest absolute Gasteiger partial charge is 0.247 e. The van der Waals surface area contributed by atoms with Gasteiger partial charge in [-0.25, -0.2) is 0 Å². The molecule has 4 heterocycles. The van der Waals surface area contributed by atoms with Crippen molar-refractivity contribution in [3.63, 3.8) is 0 Å². The normalized spacial score (nSPS) is 21.6. The number of rotatable bonds is 3. The molecular formula is C16H21N5O2. The SMILES string of the molecule is Cc1nnc2n1CCN(Cc1ccoc1)C2C(=O)N1CCCC1. The van der Waals surface area contributed by atoms with Crippen LogP contribution >= 0.6 is 0 Å². The van der Waals surface area contributed by atoms with Crippen LogP contribution in [0.1, 0.15) is 36.1 Å². The molecule has 23 heavy (non-hydrogen) atoms. The summed E-state index contributed by atoms with van der Waals surface area (Å²) in [5.41, 5.74) is 1.08. The van der Waals surface area contributed by atoms with Gasteiger partial charge in [0.1, 0.15) is 5.82 Å². The van der Waals surface area contributed by atoms with Crippen LogP contribution in [-0.4, -0.2) is 50.1 Å². The highest BCUT2D eigenvalue weighted by atomic mass is 16.3. The first-order valence-electron chi connectivity index (χ1n) is 8.17. The van der Waals surface area contributed by atoms with Crippen LogP contribution in [0.15, 0.2) is 23.0 Å². The standard InChI is InChI=1S/C16H21N5O2/c1-12-17-18-15-14(16(22)19-5-2-3-6-19)20(7-8-21(12)15)10-13-4-9-23-11-13/h4,9,11,14H,2-3,5-8,10H2,1H3. The minimum absolute atomic E-state index is 0.152. The molecular weight excluding hydrogens is 294 g/mol. The molecule has 0 saturated carbocycles. The summed E-state index contributed by atoms with van der Waals surface area (Å²) < 4.78 is 7.24. The van der Waals surface area contributed by atoms with E-state index in [-0.39, 0.29) is 11.9 Å². The van der Waals surface area contributed by atoms with Crippen molar-refractivity contribution < 1.29 is 9.21 Å². The van der Waals surface area contributed by atoms with Gasteiger partial charge in [0.15, 0.2) is 11.9 Å². The maximum absolute atomic E-state index is 13.1. The van der Waals surface area contributed by atoms with Gasteiger partial charge in [0.05, 0.1) is 12.5 Å². The monoisotopic (exact) mass is 315 g/mol. The van der Waals surface area contributed by atoms with Crippen LogP contribution in [0.5, 0.6) is 0 Å². The minimum Gasteiger partial charge on any atom is -0.472 e. The Morgan fingerprint density at radius 1 is 1.26 bits per heavy atom. The van der Waals surface area contributed by atoms with Crippen molar-refractivity contribution in [1.29, 1.82) is 0 Å². The summed E-state index contributed by atoms with van der Waals surface area (Å²) in [5.74, 6) is 1.80. The predicted octanol–water partition coefficient (Wildman–Crippen LogP) is 1.36. The highest BCUT2D eigenvalue weighted by Crippen LogP contribution is 2.29. The van der Waals surface area contributed by atoms with E-state index in [0.717, 1.165) is 56.2 Å². The molecule has 1 fully saturated rings. The van der Waals surface area contributed by atoms with Crippen LogP contribution in [0, 0.1) is 6.92 Å². The van der Waals surface area contributed by atoms with Crippen molar-refractivity contribution in [3.8, 4) is 0 Å². The van der Waals surface area contributed by atoms with Crippen molar-refractivity contribution in [1.82, 2.24) is 24.6 Å². The molecule has 0 aliphatic carbocycles. The second-order valence-electron chi connectivity index (χ2n) is 6.29. The molecule has 0 spiro atoms. The van der Waals surface area contributed by atoms with Gasteiger partial charge >= 0.3 is 0 Å². The van der Waals surface area contributed by atoms with Crippen molar-refractivity contribution in [3.05, 3.63) is 35.8 Å². The Balaban J connectivity index is 1.66. The molecule has 1 atom stereocenters. The van der Waals surface area contributed by atoms with Crippen molar-refractivity contribution in [2.75, 3.05) is 19.6 Å². The third-order valence-electron chi connectivity index (χ3n) is 4.80. The predicted molar refractivity (Wildman–Crippen MR) is 82.4 cm³/mol. The summed E-state index contributed by atoms with van der Waals surface area (Å²) in [6.45, 7) is 5.95. The quantitative estimate of drug-likeness (QED) is 0.855. The van der Waals surface area contributed by atoms with Crippen molar-refractivity contribution in [2.24, 2.45) is 0 Å². The number of carbonyl (C=O) groups is 1. The van der Waals surface area contributed by atoms with Gasteiger partial charge in [0, 0.05) is 38.3 Å². The maximum atomic E-state index is 13.1. The Morgan fingerprint density at radius 2 is 2.09 bits per heavy atom. The third-order valence-corrected chi connectivity index (χ3v) is 4.80. The van der Waals surface area contributed by atoms with Crippen LogP contribution in [0.25, 0.3) is 0 Å². The van der Waals surface area contributed by atoms with Gasteiger partial charge in [-0.05, 0) is 25.8 Å². The lowest BCUT2D eigenvalue weighted by Crippen LogP contribution is -2.47. The molecule has 2 aromatic heterocycles. The number of hydrogen-bond donors (Lipinski definition) is 0. The summed E-state index contributed by atoms with van der Waals surface area (Å²) in [7, 11) is 0. The number of likely N-dealkylation sites (tertiary alicyclic amines) is 1. The zero-order valence-corrected chi connectivity index (χ0v) is 13.3. The Morgan fingerprint density at radius 3 is 2.83 bits per heavy atom. The molecule has 0 radical (unpaired) electrons. The van der Waals surface area contributed by atoms with Crippen molar-refractivity contribution >= 4 is 5.91 Å². The zero-order chi connectivity index (χ0) is 15.8. The number of furan rings is 1. The summed E-state index contributed by atoms with van der Waals surface area (Å²) >= 11 is 0. The van der Waals surface area contributed by atoms with E-state index in [9.17, 15) is 4.79 Å². The number of fused-ring (bicyclic) bond motifs is 1. The first kappa shape index (κ1) is 14.4. The number of amides is 1. The van der Waals surface area contributed by atoms with Crippen LogP contribution in [-0.2, 0) is 17.9 Å². The molecule has 122 valence electrons. The fraction of sp³-hybridized carbons (Fsp3) is 0.562. The summed E-state index contributed by atoms with van der Waals surface area (Å²) in [5, 5.41) is 8.50. The van der Waals surface area contributed by atoms with Crippen LogP contribution < -0.4 is 0 Å². The summed E-state index contributed by atoms with van der Waals surface area (Å²) in [6, 6.07) is 1.60. The fourth-order valence-corrected chi connectivity index (χ4v) is 3.56. The molecule has 2 aliphatic rings. The van der Waals surface area contributed by atoms with Gasteiger partial charge in [-0.1, -0.05) is 0 Å². The van der Waals surface area contributed by atoms with Gasteiger partial charge in [-0.15, -0.1) is 10.2 Å². The Labute approximate surface area is 134 Å². The largest absolute Gasteiger partial charge is 0.472 e. The number of hydrogen-bond acceptors (Lipinski definition) is 5. The van der Waals surface area contributed by atoms with Crippen LogP contribution in [0.3, 0.4) is 0 Å². The fourth-order valence-electron chi connectivity index (χ4n) is 3.56. The molecule has 7 heteroatoms. The first-order valence-corrected chi connectivity index (χ1v) is 8.17. The second kappa shape index (κ2) is 5.81. The van der Waals surface area contributed by atoms with E-state index >= 15 is 0 Å². The Kier molecular flexibility index (Phi) is 3.65. The summed E-state index contributed by atoms with van der Waals surface area (Å²) in [4.78, 5) is 17.2. The number of aromatic nitrogens is 3. The number of nitrogens with zero attached hydrogens (tertiary/aromatic N) is 5. The lowest BCUT2D eigenvalue weighted by atomic mass is 10.1. The minimum atomic E-state index is -0.349. The molecule has 0 aromatic carbocycles. The van der Waals surface area contributed by atoms with Crippen LogP contribution in [0.4, 0.5) is 0 Å². The molecule has 0 N–H and O–H groups in total. The van der Waals surface area contributed by atoms with Crippen molar-refractivity contribution in [2.45, 2.75) is 38.9 Å². The molecule has 2 aliphatic heterocycles. The molecule has 1 unspecified atom stereocenters. The van der Waals surface area contributed by atoms with E-state index in [1.807, 2.05) is 17.9 Å². The number of carbonyl (C=O) groups excluding carboxylic acids is 1. The third kappa shape index (κ3) is 2.55. The lowest BCUT2D eigenvalue weighted by molar-refractivity contribution is -0.137. The zero-order valence-electron chi connectivity index (χ0n) is 13.3. The van der Waals surface area contributed by atoms with Crippen LogP contribution in [0.2, 0.25) is 0 Å². The second-order valence-corrected chi connectivity index (χ2v) is 6.29. The Hall–Kier alpha value is -2.15. The van der Waals surface area contributed by atoms with Gasteiger partial charge in [0.25, 0.3) is 0 Å². The van der Waals surface area contributed by atoms with E-state index in [0.29, 0.717) is 6.54 Å². The average molecular weight is 315 g/mol. The topological polar surface area (TPSA) is 67.4 Å². The molecule has 1 saturated heterocycles. The number of aryl methyl sites for hydroxylation is 1. The van der Waals surface area contributed by atoms with E-state index in [2.05, 4.69) is 19.7 Å². The van der Waals surface area contributed by atoms with Gasteiger partial charge in [-0.2, -0.15) is 0 Å². The van der Waals surface area contributed by atoms with Gasteiger partial charge < -0.3 is 13.9 Å². The first-order chi connectivity index (χ1) is 11.2. The molecule has 4 rings (SSSR count). The molecule has 0 bridgehead atoms. The van der Waals surface area contributed by atoms with Gasteiger partial charge in [0.2, 0.25) is 5.91 Å².